The van der Waals surface area contributed by atoms with E-state index in [-0.39, 0.29) is 6.61 Å². The van der Waals surface area contributed by atoms with E-state index < -0.39 is 0 Å². The van der Waals surface area contributed by atoms with Crippen LogP contribution in [0.15, 0.2) is 24.3 Å². The van der Waals surface area contributed by atoms with Crippen LogP contribution in [0.25, 0.3) is 0 Å². The van der Waals surface area contributed by atoms with Crippen molar-refractivity contribution in [3.05, 3.63) is 35.4 Å². The van der Waals surface area contributed by atoms with Gasteiger partial charge < -0.3 is 15.2 Å². The van der Waals surface area contributed by atoms with Crippen molar-refractivity contribution in [1.82, 2.24) is 5.32 Å². The average molecular weight is 265 g/mol. The molecule has 0 amide bonds. The Morgan fingerprint density at radius 2 is 1.58 bits per heavy atom. The van der Waals surface area contributed by atoms with E-state index >= 15 is 0 Å². The molecule has 0 saturated carbocycles. The summed E-state index contributed by atoms with van der Waals surface area (Å²) in [7, 11) is 1.76. The third-order valence-electron chi connectivity index (χ3n) is 3.24. The minimum absolute atomic E-state index is 0.122. The molecule has 0 fully saturated rings. The van der Waals surface area contributed by atoms with Gasteiger partial charge in [-0.15, -0.1) is 0 Å². The van der Waals surface area contributed by atoms with Gasteiger partial charge in [-0.3, -0.25) is 0 Å². The van der Waals surface area contributed by atoms with Crippen LogP contribution in [0.5, 0.6) is 0 Å². The monoisotopic (exact) mass is 265 g/mol. The summed E-state index contributed by atoms with van der Waals surface area (Å²) in [5.41, 5.74) is 2.25. The number of rotatable bonds is 11. The van der Waals surface area contributed by atoms with Gasteiger partial charge in [0.1, 0.15) is 0 Å². The lowest BCUT2D eigenvalue weighted by Gasteiger charge is -2.06. The smallest absolute Gasteiger partial charge is 0.0681 e. The Morgan fingerprint density at radius 3 is 2.26 bits per heavy atom. The first-order chi connectivity index (χ1) is 9.36. The first kappa shape index (κ1) is 16.2. The first-order valence-corrected chi connectivity index (χ1v) is 7.25. The van der Waals surface area contributed by atoms with Gasteiger partial charge in [0.15, 0.2) is 0 Å². The van der Waals surface area contributed by atoms with E-state index in [4.69, 9.17) is 9.84 Å². The van der Waals surface area contributed by atoms with E-state index in [9.17, 15) is 0 Å². The molecular weight excluding hydrogens is 238 g/mol. The maximum atomic E-state index is 8.96. The van der Waals surface area contributed by atoms with E-state index in [1.54, 1.807) is 7.11 Å². The SMILES string of the molecule is COCCCCCCCNCc1ccc(CO)cc1. The van der Waals surface area contributed by atoms with E-state index in [1.807, 2.05) is 12.1 Å². The van der Waals surface area contributed by atoms with Gasteiger partial charge in [0.05, 0.1) is 6.61 Å². The third kappa shape index (κ3) is 7.98. The average Bonchev–Trinajstić information content (AvgIpc) is 2.46. The van der Waals surface area contributed by atoms with Crippen LogP contribution in [0.1, 0.15) is 43.2 Å². The van der Waals surface area contributed by atoms with Gasteiger partial charge in [0.25, 0.3) is 0 Å². The largest absolute Gasteiger partial charge is 0.392 e. The second-order valence-corrected chi connectivity index (χ2v) is 4.91. The summed E-state index contributed by atoms with van der Waals surface area (Å²) in [4.78, 5) is 0. The molecule has 0 atom stereocenters. The fourth-order valence-electron chi connectivity index (χ4n) is 2.02. The molecule has 0 radical (unpaired) electrons. The number of benzene rings is 1. The summed E-state index contributed by atoms with van der Waals surface area (Å²) in [5.74, 6) is 0. The quantitative estimate of drug-likeness (QED) is 0.605. The molecule has 3 heteroatoms. The molecule has 1 aromatic rings. The summed E-state index contributed by atoms with van der Waals surface area (Å²) >= 11 is 0. The molecule has 0 aliphatic rings. The Kier molecular flexibility index (Phi) is 9.33. The van der Waals surface area contributed by atoms with Crippen LogP contribution in [0.4, 0.5) is 0 Å². The number of ether oxygens (including phenoxy) is 1. The highest BCUT2D eigenvalue weighted by Gasteiger charge is 1.94. The zero-order valence-electron chi connectivity index (χ0n) is 12.0. The number of unbranched alkanes of at least 4 members (excludes halogenated alkanes) is 4. The van der Waals surface area contributed by atoms with Crippen molar-refractivity contribution >= 4 is 0 Å². The van der Waals surface area contributed by atoms with Crippen molar-refractivity contribution in [2.24, 2.45) is 0 Å². The van der Waals surface area contributed by atoms with E-state index in [0.717, 1.165) is 25.3 Å². The predicted octanol–water partition coefficient (Wildman–Crippen LogP) is 2.87. The standard InChI is InChI=1S/C16H27NO2/c1-19-12-6-4-2-3-5-11-17-13-15-7-9-16(14-18)10-8-15/h7-10,17-18H,2-6,11-14H2,1H3. The zero-order chi connectivity index (χ0) is 13.8. The topological polar surface area (TPSA) is 41.5 Å². The van der Waals surface area contributed by atoms with Gasteiger partial charge in [0, 0.05) is 20.3 Å². The van der Waals surface area contributed by atoms with Crippen molar-refractivity contribution in [3.8, 4) is 0 Å². The van der Waals surface area contributed by atoms with Crippen molar-refractivity contribution in [2.45, 2.75) is 45.3 Å². The molecule has 0 spiro atoms. The minimum atomic E-state index is 0.122. The van der Waals surface area contributed by atoms with Crippen molar-refractivity contribution in [3.63, 3.8) is 0 Å². The molecule has 0 aromatic heterocycles. The Labute approximate surface area is 117 Å². The van der Waals surface area contributed by atoms with Gasteiger partial charge >= 0.3 is 0 Å². The van der Waals surface area contributed by atoms with Gasteiger partial charge in [-0.05, 0) is 30.5 Å². The maximum Gasteiger partial charge on any atom is 0.0681 e. The molecule has 19 heavy (non-hydrogen) atoms. The summed E-state index contributed by atoms with van der Waals surface area (Å²) in [5, 5.41) is 12.4. The van der Waals surface area contributed by atoms with Crippen molar-refractivity contribution < 1.29 is 9.84 Å². The predicted molar refractivity (Wildman–Crippen MR) is 79.0 cm³/mol. The number of nitrogens with one attached hydrogen (secondary N) is 1. The molecule has 1 aromatic carbocycles. The molecule has 1 rings (SSSR count). The van der Waals surface area contributed by atoms with Crippen LogP contribution in [0, 0.1) is 0 Å². The highest BCUT2D eigenvalue weighted by molar-refractivity contribution is 5.21. The minimum Gasteiger partial charge on any atom is -0.392 e. The molecule has 0 aliphatic carbocycles. The molecular formula is C16H27NO2. The van der Waals surface area contributed by atoms with Gasteiger partial charge in [-0.25, -0.2) is 0 Å². The second-order valence-electron chi connectivity index (χ2n) is 4.91. The Hall–Kier alpha value is -0.900. The lowest BCUT2D eigenvalue weighted by molar-refractivity contribution is 0.192. The van der Waals surface area contributed by atoms with Gasteiger partial charge in [-0.1, -0.05) is 43.5 Å². The fraction of sp³-hybridized carbons (Fsp3) is 0.625. The zero-order valence-corrected chi connectivity index (χ0v) is 12.0. The highest BCUT2D eigenvalue weighted by Crippen LogP contribution is 2.05. The van der Waals surface area contributed by atoms with Crippen molar-refractivity contribution in [2.75, 3.05) is 20.3 Å². The van der Waals surface area contributed by atoms with Crippen LogP contribution in [0.2, 0.25) is 0 Å². The number of aliphatic hydroxyl groups is 1. The van der Waals surface area contributed by atoms with E-state index in [1.165, 1.54) is 37.7 Å². The second kappa shape index (κ2) is 11.0. The summed E-state index contributed by atoms with van der Waals surface area (Å²) in [6.07, 6.45) is 6.29. The van der Waals surface area contributed by atoms with Crippen LogP contribution < -0.4 is 5.32 Å². The van der Waals surface area contributed by atoms with Crippen molar-refractivity contribution in [1.29, 1.82) is 0 Å². The molecule has 0 saturated heterocycles. The number of hydrogen-bond donors (Lipinski definition) is 2. The molecule has 0 heterocycles. The molecule has 108 valence electrons. The summed E-state index contributed by atoms with van der Waals surface area (Å²) in [6.45, 7) is 3.00. The fourth-order valence-corrected chi connectivity index (χ4v) is 2.02. The van der Waals surface area contributed by atoms with E-state index in [0.29, 0.717) is 0 Å². The lowest BCUT2D eigenvalue weighted by Crippen LogP contribution is -2.14. The first-order valence-electron chi connectivity index (χ1n) is 7.25. The highest BCUT2D eigenvalue weighted by atomic mass is 16.5. The number of hydrogen-bond acceptors (Lipinski definition) is 3. The summed E-state index contributed by atoms with van der Waals surface area (Å²) < 4.78 is 5.02. The number of methoxy groups -OCH3 is 1. The Balaban J connectivity index is 1.95. The molecule has 0 bridgehead atoms. The Morgan fingerprint density at radius 1 is 0.947 bits per heavy atom. The molecule has 0 unspecified atom stereocenters. The Bertz CT molecular complexity index is 311. The maximum absolute atomic E-state index is 8.96. The van der Waals surface area contributed by atoms with Crippen LogP contribution in [-0.2, 0) is 17.9 Å². The molecule has 3 nitrogen and oxygen atoms in total. The summed E-state index contributed by atoms with van der Waals surface area (Å²) in [6, 6.07) is 8.10. The van der Waals surface area contributed by atoms with Crippen LogP contribution in [0.3, 0.4) is 0 Å². The number of aliphatic hydroxyl groups excluding tert-OH is 1. The van der Waals surface area contributed by atoms with E-state index in [2.05, 4.69) is 17.4 Å². The molecule has 2 N–H and O–H groups in total. The van der Waals surface area contributed by atoms with Gasteiger partial charge in [-0.2, -0.15) is 0 Å². The van der Waals surface area contributed by atoms with Crippen LogP contribution >= 0.6 is 0 Å². The third-order valence-corrected chi connectivity index (χ3v) is 3.24. The molecule has 0 aliphatic heterocycles. The van der Waals surface area contributed by atoms with Crippen LogP contribution in [-0.4, -0.2) is 25.4 Å². The van der Waals surface area contributed by atoms with Gasteiger partial charge in [0.2, 0.25) is 0 Å². The normalized spacial score (nSPS) is 10.8. The lowest BCUT2D eigenvalue weighted by atomic mass is 10.1.